The van der Waals surface area contributed by atoms with Gasteiger partial charge < -0.3 is 4.12 Å². The fraction of sp³-hybridized carbons (Fsp3) is 0. The van der Waals surface area contributed by atoms with E-state index >= 15 is 0 Å². The van der Waals surface area contributed by atoms with Crippen LogP contribution in [0.1, 0.15) is 0 Å². The maximum absolute atomic E-state index is 13.4. The Bertz CT molecular complexity index is 729. The van der Waals surface area contributed by atoms with E-state index in [1.807, 2.05) is 0 Å². The minimum atomic E-state index is -2.43. The minimum absolute atomic E-state index is 1.44. The summed E-state index contributed by atoms with van der Waals surface area (Å²) in [6.45, 7) is 0. The number of hydrogen-bond donors (Lipinski definition) is 0. The van der Waals surface area contributed by atoms with Gasteiger partial charge in [0.25, 0.3) is 19.5 Å². The van der Waals surface area contributed by atoms with Crippen LogP contribution < -0.4 is 10.4 Å². The van der Waals surface area contributed by atoms with Crippen molar-refractivity contribution in [1.29, 1.82) is 0 Å². The molecule has 2 aromatic rings. The summed E-state index contributed by atoms with van der Waals surface area (Å²) >= 11 is 0. The molecule has 0 heterocycles. The lowest BCUT2D eigenvalue weighted by Crippen LogP contribution is -2.35. The third-order valence-corrected chi connectivity index (χ3v) is 4.83. The summed E-state index contributed by atoms with van der Waals surface area (Å²) in [7, 11) is -3.31. The highest BCUT2D eigenvalue weighted by Crippen LogP contribution is 2.17. The molecule has 0 N–H and O–H groups in total. The topological polar surface area (TPSA) is 9.23 Å². The lowest BCUT2D eigenvalue weighted by molar-refractivity contribution is 0.382. The van der Waals surface area contributed by atoms with Crippen molar-refractivity contribution in [3.63, 3.8) is 0 Å². The molecule has 0 aliphatic rings. The highest BCUT2D eigenvalue weighted by Gasteiger charge is 2.29. The van der Waals surface area contributed by atoms with Gasteiger partial charge in [-0.25, -0.2) is 43.9 Å². The van der Waals surface area contributed by atoms with Crippen LogP contribution in [0.25, 0.3) is 0 Å². The van der Waals surface area contributed by atoms with Gasteiger partial charge in [-0.3, -0.25) is 0 Å². The predicted molar refractivity (Wildman–Crippen MR) is 64.3 cm³/mol. The molecule has 0 aliphatic carbocycles. The summed E-state index contributed by atoms with van der Waals surface area (Å²) in [4.78, 5) is 0. The Labute approximate surface area is 137 Å². The van der Waals surface area contributed by atoms with E-state index in [1.54, 1.807) is 0 Å². The molecular formula is C12F10OSi2. The molecule has 0 amide bonds. The van der Waals surface area contributed by atoms with E-state index in [1.165, 1.54) is 0 Å². The monoisotopic (exact) mass is 406 g/mol. The zero-order chi connectivity index (χ0) is 19.0. The molecule has 0 saturated carbocycles. The summed E-state index contributed by atoms with van der Waals surface area (Å²) in [5.74, 6) is -22.9. The van der Waals surface area contributed by atoms with Crippen molar-refractivity contribution >= 4 is 29.9 Å². The van der Waals surface area contributed by atoms with Gasteiger partial charge in [0.05, 0.1) is 0 Å². The molecule has 0 fully saturated rings. The summed E-state index contributed by atoms with van der Waals surface area (Å²) < 4.78 is 135. The molecule has 2 aromatic carbocycles. The second-order valence-electron chi connectivity index (χ2n) is 4.20. The van der Waals surface area contributed by atoms with E-state index in [4.69, 9.17) is 0 Å². The van der Waals surface area contributed by atoms with E-state index in [0.29, 0.717) is 0 Å². The highest BCUT2D eigenvalue weighted by molar-refractivity contribution is 6.60. The first-order chi connectivity index (χ1) is 11.6. The maximum Gasteiger partial charge on any atom is 0.263 e. The Hall–Kier alpha value is -1.87. The third kappa shape index (κ3) is 3.30. The first kappa shape index (κ1) is 19.5. The minimum Gasteiger partial charge on any atom is -0.449 e. The molecule has 13 heteroatoms. The predicted octanol–water partition coefficient (Wildman–Crippen LogP) is 2.28. The Morgan fingerprint density at radius 1 is 0.360 bits per heavy atom. The average molecular weight is 406 g/mol. The standard InChI is InChI=1S/C12F10OSi2/c13-1-3(15)7(19)11(8(20)4(1)16)24-23-25-12-9(21)5(17)2(14)6(18)10(12)22. The number of rotatable bonds is 4. The normalized spacial score (nSPS) is 11.3. The Morgan fingerprint density at radius 3 is 0.800 bits per heavy atom. The van der Waals surface area contributed by atoms with Crippen molar-refractivity contribution in [1.82, 2.24) is 0 Å². The first-order valence-electron chi connectivity index (χ1n) is 5.80. The van der Waals surface area contributed by atoms with Gasteiger partial charge >= 0.3 is 0 Å². The van der Waals surface area contributed by atoms with Gasteiger partial charge in [0.2, 0.25) is 11.6 Å². The van der Waals surface area contributed by atoms with Crippen LogP contribution in [0, 0.1) is 58.2 Å². The molecule has 2 rings (SSSR count). The third-order valence-electron chi connectivity index (χ3n) is 2.73. The Balaban J connectivity index is 2.29. The van der Waals surface area contributed by atoms with Crippen molar-refractivity contribution in [3.8, 4) is 0 Å². The van der Waals surface area contributed by atoms with Gasteiger partial charge in [-0.15, -0.1) is 0 Å². The summed E-state index contributed by atoms with van der Waals surface area (Å²) in [5.41, 5.74) is 0. The fourth-order valence-electron chi connectivity index (χ4n) is 1.52. The first-order valence-corrected chi connectivity index (χ1v) is 7.61. The lowest BCUT2D eigenvalue weighted by atomic mass is 10.3. The number of halogens is 10. The van der Waals surface area contributed by atoms with Gasteiger partial charge in [-0.2, -0.15) is 0 Å². The van der Waals surface area contributed by atoms with Crippen LogP contribution in [0.4, 0.5) is 43.9 Å². The summed E-state index contributed by atoms with van der Waals surface area (Å²) in [5, 5.41) is -2.87. The van der Waals surface area contributed by atoms with Gasteiger partial charge in [-0.05, 0) is 0 Å². The average Bonchev–Trinajstić information content (AvgIpc) is 2.60. The van der Waals surface area contributed by atoms with Crippen LogP contribution in [-0.4, -0.2) is 19.5 Å². The molecule has 0 bridgehead atoms. The van der Waals surface area contributed by atoms with Crippen molar-refractivity contribution in [3.05, 3.63) is 58.2 Å². The van der Waals surface area contributed by atoms with Crippen molar-refractivity contribution < 1.29 is 48.0 Å². The fourth-order valence-corrected chi connectivity index (χ4v) is 3.33. The molecule has 0 saturated heterocycles. The van der Waals surface area contributed by atoms with Gasteiger partial charge in [0.1, 0.15) is 0 Å². The van der Waals surface area contributed by atoms with Crippen molar-refractivity contribution in [2.24, 2.45) is 0 Å². The van der Waals surface area contributed by atoms with Gasteiger partial charge in [-0.1, -0.05) is 0 Å². The largest absolute Gasteiger partial charge is 0.449 e. The second-order valence-corrected chi connectivity index (χ2v) is 6.42. The SMILES string of the molecule is Fc1c(F)c(F)c([Si]O[Si]c2c(F)c(F)c(F)c(F)c2F)c(F)c1F. The molecule has 132 valence electrons. The van der Waals surface area contributed by atoms with E-state index in [0.717, 1.165) is 0 Å². The number of hydrogen-bond acceptors (Lipinski definition) is 1. The molecule has 0 aliphatic heterocycles. The van der Waals surface area contributed by atoms with Crippen LogP contribution >= 0.6 is 0 Å². The molecule has 1 nitrogen and oxygen atoms in total. The smallest absolute Gasteiger partial charge is 0.263 e. The lowest BCUT2D eigenvalue weighted by Gasteiger charge is -2.09. The highest BCUT2D eigenvalue weighted by atomic mass is 28.3. The van der Waals surface area contributed by atoms with E-state index < -0.39 is 88.1 Å². The van der Waals surface area contributed by atoms with Crippen LogP contribution in [-0.2, 0) is 4.12 Å². The Kier molecular flexibility index (Phi) is 5.58. The molecule has 0 atom stereocenters. The van der Waals surface area contributed by atoms with Crippen LogP contribution in [0.3, 0.4) is 0 Å². The number of benzene rings is 2. The second kappa shape index (κ2) is 7.17. The van der Waals surface area contributed by atoms with E-state index in [-0.39, 0.29) is 0 Å². The van der Waals surface area contributed by atoms with Crippen LogP contribution in [0.5, 0.6) is 0 Å². The van der Waals surface area contributed by atoms with Crippen LogP contribution in [0.2, 0.25) is 0 Å². The van der Waals surface area contributed by atoms with Gasteiger partial charge in [0.15, 0.2) is 46.5 Å². The molecule has 0 spiro atoms. The summed E-state index contributed by atoms with van der Waals surface area (Å²) in [6.07, 6.45) is 0. The van der Waals surface area contributed by atoms with Gasteiger partial charge in [0, 0.05) is 10.4 Å². The zero-order valence-electron chi connectivity index (χ0n) is 11.2. The van der Waals surface area contributed by atoms with Crippen LogP contribution in [0.15, 0.2) is 0 Å². The van der Waals surface area contributed by atoms with E-state index in [2.05, 4.69) is 4.12 Å². The maximum atomic E-state index is 13.4. The molecule has 0 unspecified atom stereocenters. The van der Waals surface area contributed by atoms with Crippen molar-refractivity contribution in [2.45, 2.75) is 0 Å². The summed E-state index contributed by atoms with van der Waals surface area (Å²) in [6, 6.07) is 0. The molecule has 25 heavy (non-hydrogen) atoms. The van der Waals surface area contributed by atoms with Crippen molar-refractivity contribution in [2.75, 3.05) is 0 Å². The Morgan fingerprint density at radius 2 is 0.560 bits per heavy atom. The molecule has 4 radical (unpaired) electrons. The molecular weight excluding hydrogens is 406 g/mol. The van der Waals surface area contributed by atoms with E-state index in [9.17, 15) is 43.9 Å². The quantitative estimate of drug-likeness (QED) is 0.328. The molecule has 0 aromatic heterocycles. The zero-order valence-corrected chi connectivity index (χ0v) is 13.2.